The molecule has 2 aliphatic rings. The zero-order valence-electron chi connectivity index (χ0n) is 9.63. The molecule has 2 bridgehead atoms. The fourth-order valence-corrected chi connectivity index (χ4v) is 2.85. The van der Waals surface area contributed by atoms with E-state index in [1.165, 1.54) is 0 Å². The number of urea groups is 1. The lowest BCUT2D eigenvalue weighted by Crippen LogP contribution is -2.52. The number of aliphatic hydroxyl groups is 1. The first-order valence-electron chi connectivity index (χ1n) is 6.04. The fourth-order valence-electron chi connectivity index (χ4n) is 2.85. The SMILES string of the molecule is O=C(O)CCNC(=O)N1C2CCC1CC(O)C2. The van der Waals surface area contributed by atoms with E-state index in [-0.39, 0.29) is 37.2 Å². The molecule has 2 rings (SSSR count). The highest BCUT2D eigenvalue weighted by atomic mass is 16.4. The van der Waals surface area contributed by atoms with Gasteiger partial charge in [0, 0.05) is 18.6 Å². The van der Waals surface area contributed by atoms with Gasteiger partial charge in [0.1, 0.15) is 0 Å². The molecule has 0 saturated carbocycles. The molecular weight excluding hydrogens is 224 g/mol. The van der Waals surface area contributed by atoms with Crippen LogP contribution in [0.5, 0.6) is 0 Å². The van der Waals surface area contributed by atoms with Crippen LogP contribution in [0.1, 0.15) is 32.1 Å². The standard InChI is InChI=1S/C11H18N2O4/c14-9-5-7-1-2-8(6-9)13(7)11(17)12-4-3-10(15)16/h7-9,14H,1-6H2,(H,12,17)(H,15,16). The molecule has 6 heteroatoms. The number of hydrogen-bond donors (Lipinski definition) is 3. The zero-order valence-corrected chi connectivity index (χ0v) is 9.63. The third-order valence-electron chi connectivity index (χ3n) is 3.56. The molecule has 2 aliphatic heterocycles. The van der Waals surface area contributed by atoms with E-state index < -0.39 is 5.97 Å². The number of nitrogens with zero attached hydrogens (tertiary/aromatic N) is 1. The predicted octanol–water partition coefficient (Wildman–Crippen LogP) is 0.158. The van der Waals surface area contributed by atoms with E-state index >= 15 is 0 Å². The maximum atomic E-state index is 11.9. The summed E-state index contributed by atoms with van der Waals surface area (Å²) in [5.74, 6) is -0.915. The fraction of sp³-hybridized carbons (Fsp3) is 0.818. The van der Waals surface area contributed by atoms with Crippen LogP contribution in [0.4, 0.5) is 4.79 Å². The summed E-state index contributed by atoms with van der Waals surface area (Å²) in [5, 5.41) is 20.7. The Morgan fingerprint density at radius 3 is 2.35 bits per heavy atom. The first kappa shape index (κ1) is 12.2. The van der Waals surface area contributed by atoms with Gasteiger partial charge in [0.2, 0.25) is 0 Å². The molecule has 96 valence electrons. The first-order valence-corrected chi connectivity index (χ1v) is 6.04. The summed E-state index contributed by atoms with van der Waals surface area (Å²) in [5.41, 5.74) is 0. The molecule has 0 aliphatic carbocycles. The Labute approximate surface area is 99.6 Å². The van der Waals surface area contributed by atoms with Gasteiger partial charge in [0.15, 0.2) is 0 Å². The molecule has 0 aromatic carbocycles. The lowest BCUT2D eigenvalue weighted by molar-refractivity contribution is -0.136. The lowest BCUT2D eigenvalue weighted by atomic mass is 10.0. The molecule has 2 saturated heterocycles. The third kappa shape index (κ3) is 2.69. The zero-order chi connectivity index (χ0) is 12.4. The van der Waals surface area contributed by atoms with Gasteiger partial charge in [-0.15, -0.1) is 0 Å². The maximum absolute atomic E-state index is 11.9. The Bertz CT molecular complexity index is 307. The van der Waals surface area contributed by atoms with Crippen molar-refractivity contribution in [1.29, 1.82) is 0 Å². The van der Waals surface area contributed by atoms with Crippen molar-refractivity contribution in [2.24, 2.45) is 0 Å². The first-order chi connectivity index (χ1) is 8.08. The van der Waals surface area contributed by atoms with Crippen LogP contribution in [-0.2, 0) is 4.79 Å². The number of carboxylic acid groups (broad SMARTS) is 1. The van der Waals surface area contributed by atoms with Crippen LogP contribution in [0.2, 0.25) is 0 Å². The number of fused-ring (bicyclic) bond motifs is 2. The molecule has 0 spiro atoms. The Kier molecular flexibility index (Phi) is 3.51. The van der Waals surface area contributed by atoms with Crippen molar-refractivity contribution >= 4 is 12.0 Å². The van der Waals surface area contributed by atoms with Gasteiger partial charge in [-0.3, -0.25) is 4.79 Å². The number of rotatable bonds is 3. The number of aliphatic hydroxyl groups excluding tert-OH is 1. The van der Waals surface area contributed by atoms with Crippen molar-refractivity contribution in [3.8, 4) is 0 Å². The molecule has 2 unspecified atom stereocenters. The Morgan fingerprint density at radius 2 is 1.82 bits per heavy atom. The molecule has 2 atom stereocenters. The van der Waals surface area contributed by atoms with E-state index in [9.17, 15) is 14.7 Å². The second-order valence-electron chi connectivity index (χ2n) is 4.79. The van der Waals surface area contributed by atoms with Crippen LogP contribution >= 0.6 is 0 Å². The lowest BCUT2D eigenvalue weighted by Gasteiger charge is -2.37. The van der Waals surface area contributed by atoms with Gasteiger partial charge < -0.3 is 20.4 Å². The number of aliphatic carboxylic acids is 1. The van der Waals surface area contributed by atoms with Gasteiger partial charge in [-0.2, -0.15) is 0 Å². The molecule has 2 heterocycles. The monoisotopic (exact) mass is 242 g/mol. The van der Waals surface area contributed by atoms with Gasteiger partial charge in [-0.05, 0) is 25.7 Å². The molecule has 17 heavy (non-hydrogen) atoms. The summed E-state index contributed by atoms with van der Waals surface area (Å²) in [6.45, 7) is 0.159. The van der Waals surface area contributed by atoms with Crippen LogP contribution in [0.3, 0.4) is 0 Å². The smallest absolute Gasteiger partial charge is 0.317 e. The highest BCUT2D eigenvalue weighted by Gasteiger charge is 2.42. The van der Waals surface area contributed by atoms with Gasteiger partial charge in [-0.25, -0.2) is 4.79 Å². The van der Waals surface area contributed by atoms with Gasteiger partial charge >= 0.3 is 12.0 Å². The average Bonchev–Trinajstić information content (AvgIpc) is 2.50. The summed E-state index contributed by atoms with van der Waals surface area (Å²) in [7, 11) is 0. The highest BCUT2D eigenvalue weighted by molar-refractivity contribution is 5.76. The summed E-state index contributed by atoms with van der Waals surface area (Å²) >= 11 is 0. The van der Waals surface area contributed by atoms with E-state index in [0.717, 1.165) is 12.8 Å². The van der Waals surface area contributed by atoms with Crippen LogP contribution in [0.25, 0.3) is 0 Å². The Morgan fingerprint density at radius 1 is 1.24 bits per heavy atom. The number of carbonyl (C=O) groups is 2. The summed E-state index contributed by atoms with van der Waals surface area (Å²) < 4.78 is 0. The summed E-state index contributed by atoms with van der Waals surface area (Å²) in [6.07, 6.45) is 2.81. The van der Waals surface area contributed by atoms with Crippen LogP contribution < -0.4 is 5.32 Å². The van der Waals surface area contributed by atoms with Crippen LogP contribution in [0.15, 0.2) is 0 Å². The van der Waals surface area contributed by atoms with E-state index in [2.05, 4.69) is 5.32 Å². The molecule has 0 radical (unpaired) electrons. The number of carboxylic acids is 1. The Balaban J connectivity index is 1.86. The molecular formula is C11H18N2O4. The van der Waals surface area contributed by atoms with Gasteiger partial charge in [0.25, 0.3) is 0 Å². The average molecular weight is 242 g/mol. The van der Waals surface area contributed by atoms with E-state index in [0.29, 0.717) is 12.8 Å². The second kappa shape index (κ2) is 4.91. The van der Waals surface area contributed by atoms with Crippen molar-refractivity contribution in [3.63, 3.8) is 0 Å². The molecule has 0 aromatic heterocycles. The van der Waals surface area contributed by atoms with Crippen molar-refractivity contribution in [1.82, 2.24) is 10.2 Å². The minimum atomic E-state index is -0.915. The van der Waals surface area contributed by atoms with Gasteiger partial charge in [0.05, 0.1) is 12.5 Å². The second-order valence-corrected chi connectivity index (χ2v) is 4.79. The number of amides is 2. The van der Waals surface area contributed by atoms with Crippen molar-refractivity contribution < 1.29 is 19.8 Å². The molecule has 3 N–H and O–H groups in total. The van der Waals surface area contributed by atoms with E-state index in [4.69, 9.17) is 5.11 Å². The highest BCUT2D eigenvalue weighted by Crippen LogP contribution is 2.35. The normalized spacial score (nSPS) is 31.4. The Hall–Kier alpha value is -1.30. The quantitative estimate of drug-likeness (QED) is 0.657. The summed E-state index contributed by atoms with van der Waals surface area (Å²) in [4.78, 5) is 24.0. The summed E-state index contributed by atoms with van der Waals surface area (Å²) in [6, 6.07) is 0.0489. The minimum absolute atomic E-state index is 0.0580. The minimum Gasteiger partial charge on any atom is -0.481 e. The molecule has 6 nitrogen and oxygen atoms in total. The van der Waals surface area contributed by atoms with E-state index in [1.807, 2.05) is 0 Å². The predicted molar refractivity (Wildman–Crippen MR) is 59.5 cm³/mol. The number of carbonyl (C=O) groups excluding carboxylic acids is 1. The van der Waals surface area contributed by atoms with E-state index in [1.54, 1.807) is 4.90 Å². The topological polar surface area (TPSA) is 89.9 Å². The number of nitrogens with one attached hydrogen (secondary N) is 1. The van der Waals surface area contributed by atoms with Gasteiger partial charge in [-0.1, -0.05) is 0 Å². The largest absolute Gasteiger partial charge is 0.481 e. The molecule has 2 amide bonds. The molecule has 2 fully saturated rings. The molecule has 0 aromatic rings. The van der Waals surface area contributed by atoms with Crippen LogP contribution in [0, 0.1) is 0 Å². The van der Waals surface area contributed by atoms with Crippen molar-refractivity contribution in [2.75, 3.05) is 6.54 Å². The van der Waals surface area contributed by atoms with Crippen molar-refractivity contribution in [3.05, 3.63) is 0 Å². The van der Waals surface area contributed by atoms with Crippen LogP contribution in [-0.4, -0.2) is 51.8 Å². The number of piperidine rings is 1. The number of hydrogen-bond acceptors (Lipinski definition) is 3. The third-order valence-corrected chi connectivity index (χ3v) is 3.56. The maximum Gasteiger partial charge on any atom is 0.317 e. The van der Waals surface area contributed by atoms with Crippen molar-refractivity contribution in [2.45, 2.75) is 50.3 Å².